The van der Waals surface area contributed by atoms with Gasteiger partial charge in [-0.2, -0.15) is 0 Å². The summed E-state index contributed by atoms with van der Waals surface area (Å²) in [7, 11) is 0. The number of anilines is 2. The van der Waals surface area contributed by atoms with Crippen LogP contribution < -0.4 is 5.32 Å². The van der Waals surface area contributed by atoms with Crippen LogP contribution in [0.5, 0.6) is 0 Å². The molecule has 0 bridgehead atoms. The van der Waals surface area contributed by atoms with Gasteiger partial charge in [-0.05, 0) is 59.3 Å². The predicted octanol–water partition coefficient (Wildman–Crippen LogP) is 6.61. The molecule has 0 fully saturated rings. The molecule has 2 aromatic carbocycles. The van der Waals surface area contributed by atoms with Gasteiger partial charge < -0.3 is 5.32 Å². The first kappa shape index (κ1) is 17.1. The molecule has 0 aliphatic carbocycles. The highest BCUT2D eigenvalue weighted by Crippen LogP contribution is 2.37. The molecule has 0 saturated carbocycles. The molecule has 1 N–H and O–H groups in total. The number of aromatic nitrogens is 2. The number of benzene rings is 2. The second-order valence-corrected chi connectivity index (χ2v) is 7.30. The number of nitrogens with one attached hydrogen (secondary N) is 1. The van der Waals surface area contributed by atoms with Crippen LogP contribution in [0.4, 0.5) is 15.9 Å². The molecule has 6 heteroatoms. The highest BCUT2D eigenvalue weighted by atomic mass is 79.9. The van der Waals surface area contributed by atoms with E-state index in [0.29, 0.717) is 22.2 Å². The lowest BCUT2D eigenvalue weighted by molar-refractivity contribution is 0.631. The Labute approximate surface area is 163 Å². The van der Waals surface area contributed by atoms with E-state index in [2.05, 4.69) is 26.2 Å². The van der Waals surface area contributed by atoms with Crippen molar-refractivity contribution in [2.24, 2.45) is 0 Å². The topological polar surface area (TPSA) is 29.3 Å². The van der Waals surface area contributed by atoms with Gasteiger partial charge in [-0.3, -0.25) is 4.40 Å². The molecule has 0 saturated heterocycles. The summed E-state index contributed by atoms with van der Waals surface area (Å²) in [5.41, 5.74) is 3.48. The average molecular weight is 431 g/mol. The van der Waals surface area contributed by atoms with Crippen LogP contribution in [0.3, 0.4) is 0 Å². The van der Waals surface area contributed by atoms with Gasteiger partial charge in [0, 0.05) is 16.4 Å². The first-order valence-corrected chi connectivity index (χ1v) is 9.16. The highest BCUT2D eigenvalue weighted by molar-refractivity contribution is 9.10. The Kier molecular flexibility index (Phi) is 4.42. The van der Waals surface area contributed by atoms with Gasteiger partial charge in [-0.15, -0.1) is 0 Å². The smallest absolute Gasteiger partial charge is 0.143 e. The molecule has 130 valence electrons. The fraction of sp³-hybridized carbons (Fsp3) is 0.0500. The average Bonchev–Trinajstić information content (AvgIpc) is 2.94. The Bertz CT molecular complexity index is 1090. The summed E-state index contributed by atoms with van der Waals surface area (Å²) >= 11 is 9.77. The summed E-state index contributed by atoms with van der Waals surface area (Å²) in [4.78, 5) is 4.61. The van der Waals surface area contributed by atoms with E-state index in [0.717, 1.165) is 15.7 Å². The van der Waals surface area contributed by atoms with E-state index in [1.165, 1.54) is 6.07 Å². The highest BCUT2D eigenvalue weighted by Gasteiger charge is 2.20. The first-order valence-electron chi connectivity index (χ1n) is 7.98. The number of imidazole rings is 1. The summed E-state index contributed by atoms with van der Waals surface area (Å²) in [6, 6.07) is 16.4. The minimum absolute atomic E-state index is 0.281. The van der Waals surface area contributed by atoms with Gasteiger partial charge in [0.2, 0.25) is 0 Å². The van der Waals surface area contributed by atoms with Gasteiger partial charge >= 0.3 is 0 Å². The minimum atomic E-state index is -0.410. The van der Waals surface area contributed by atoms with Crippen molar-refractivity contribution in [2.45, 2.75) is 6.92 Å². The second kappa shape index (κ2) is 6.74. The van der Waals surface area contributed by atoms with Crippen molar-refractivity contribution in [3.05, 3.63) is 81.7 Å². The number of halogens is 3. The maximum atomic E-state index is 14.5. The Morgan fingerprint density at radius 2 is 1.85 bits per heavy atom. The molecule has 3 nitrogen and oxygen atoms in total. The molecule has 4 aromatic rings. The Morgan fingerprint density at radius 1 is 1.08 bits per heavy atom. The van der Waals surface area contributed by atoms with Crippen LogP contribution in [0.25, 0.3) is 16.9 Å². The molecule has 0 spiro atoms. The summed E-state index contributed by atoms with van der Waals surface area (Å²) in [6.45, 7) is 2.03. The Hall–Kier alpha value is -2.37. The van der Waals surface area contributed by atoms with E-state index in [1.807, 2.05) is 53.9 Å². The lowest BCUT2D eigenvalue weighted by atomic mass is 10.1. The fourth-order valence-corrected chi connectivity index (χ4v) is 3.40. The second-order valence-electron chi connectivity index (χ2n) is 5.97. The summed E-state index contributed by atoms with van der Waals surface area (Å²) in [6.07, 6.45) is 1.89. The van der Waals surface area contributed by atoms with E-state index >= 15 is 0 Å². The van der Waals surface area contributed by atoms with Crippen LogP contribution in [0.2, 0.25) is 5.02 Å². The molecular weight excluding hydrogens is 417 g/mol. The summed E-state index contributed by atoms with van der Waals surface area (Å²) < 4.78 is 17.3. The van der Waals surface area contributed by atoms with Gasteiger partial charge in [-0.1, -0.05) is 35.4 Å². The van der Waals surface area contributed by atoms with Gasteiger partial charge in [0.1, 0.15) is 23.0 Å². The Balaban J connectivity index is 1.96. The number of fused-ring (bicyclic) bond motifs is 1. The van der Waals surface area contributed by atoms with Crippen LogP contribution in [0, 0.1) is 12.7 Å². The van der Waals surface area contributed by atoms with Crippen LogP contribution >= 0.6 is 27.5 Å². The zero-order chi connectivity index (χ0) is 18.3. The SMILES string of the molecule is Cc1ccc(Nc2c(-c3c(F)cccc3Cl)nc3ccc(Br)cn23)cc1. The first-order chi connectivity index (χ1) is 12.5. The van der Waals surface area contributed by atoms with Crippen molar-refractivity contribution in [2.75, 3.05) is 5.32 Å². The number of rotatable bonds is 3. The van der Waals surface area contributed by atoms with Gasteiger partial charge in [0.15, 0.2) is 0 Å². The molecule has 0 aliphatic heterocycles. The third-order valence-corrected chi connectivity index (χ3v) is 4.88. The lowest BCUT2D eigenvalue weighted by Crippen LogP contribution is -1.98. The maximum absolute atomic E-state index is 14.5. The molecule has 0 radical (unpaired) electrons. The van der Waals surface area contributed by atoms with Crippen LogP contribution in [-0.4, -0.2) is 9.38 Å². The number of nitrogens with zero attached hydrogens (tertiary/aromatic N) is 2. The van der Waals surface area contributed by atoms with Crippen molar-refractivity contribution < 1.29 is 4.39 Å². The molecule has 0 atom stereocenters. The number of aryl methyl sites for hydroxylation is 1. The van der Waals surface area contributed by atoms with Gasteiger partial charge in [0.05, 0.1) is 10.6 Å². The molecule has 4 rings (SSSR count). The van der Waals surface area contributed by atoms with Gasteiger partial charge in [-0.25, -0.2) is 9.37 Å². The van der Waals surface area contributed by atoms with E-state index in [4.69, 9.17) is 11.6 Å². The fourth-order valence-electron chi connectivity index (χ4n) is 2.81. The van der Waals surface area contributed by atoms with Crippen molar-refractivity contribution in [1.29, 1.82) is 0 Å². The number of pyridine rings is 1. The predicted molar refractivity (Wildman–Crippen MR) is 108 cm³/mol. The largest absolute Gasteiger partial charge is 0.339 e. The molecular formula is C20H14BrClFN3. The summed E-state index contributed by atoms with van der Waals surface area (Å²) in [5, 5.41) is 3.68. The number of hydrogen-bond donors (Lipinski definition) is 1. The van der Waals surface area contributed by atoms with E-state index in [-0.39, 0.29) is 5.56 Å². The molecule has 2 aromatic heterocycles. The van der Waals surface area contributed by atoms with E-state index < -0.39 is 5.82 Å². The zero-order valence-corrected chi connectivity index (χ0v) is 16.1. The molecule has 26 heavy (non-hydrogen) atoms. The Morgan fingerprint density at radius 3 is 2.58 bits per heavy atom. The summed E-state index contributed by atoms with van der Waals surface area (Å²) in [5.74, 6) is 0.240. The minimum Gasteiger partial charge on any atom is -0.339 e. The van der Waals surface area contributed by atoms with Crippen molar-refractivity contribution in [1.82, 2.24) is 9.38 Å². The molecule has 0 amide bonds. The van der Waals surface area contributed by atoms with Crippen molar-refractivity contribution >= 4 is 44.7 Å². The quantitative estimate of drug-likeness (QED) is 0.396. The standard InChI is InChI=1S/C20H14BrClFN3/c1-12-5-8-14(9-6-12)24-20-19(18-15(22)3-2-4-16(18)23)25-17-10-7-13(21)11-26(17)20/h2-11,24H,1H3. The maximum Gasteiger partial charge on any atom is 0.143 e. The molecule has 0 aliphatic rings. The third-order valence-electron chi connectivity index (χ3n) is 4.10. The normalized spacial score (nSPS) is 11.1. The monoisotopic (exact) mass is 429 g/mol. The van der Waals surface area contributed by atoms with Crippen LogP contribution in [0.1, 0.15) is 5.56 Å². The lowest BCUT2D eigenvalue weighted by Gasteiger charge is -2.11. The van der Waals surface area contributed by atoms with E-state index in [1.54, 1.807) is 12.1 Å². The van der Waals surface area contributed by atoms with Gasteiger partial charge in [0.25, 0.3) is 0 Å². The number of hydrogen-bond acceptors (Lipinski definition) is 2. The molecule has 2 heterocycles. The molecule has 0 unspecified atom stereocenters. The zero-order valence-electron chi connectivity index (χ0n) is 13.8. The van der Waals surface area contributed by atoms with Crippen LogP contribution in [0.15, 0.2) is 65.3 Å². The van der Waals surface area contributed by atoms with Crippen molar-refractivity contribution in [3.8, 4) is 11.3 Å². The van der Waals surface area contributed by atoms with Crippen LogP contribution in [-0.2, 0) is 0 Å². The van der Waals surface area contributed by atoms with E-state index in [9.17, 15) is 4.39 Å². The third kappa shape index (κ3) is 3.08. The van der Waals surface area contributed by atoms with Crippen molar-refractivity contribution in [3.63, 3.8) is 0 Å².